The zero-order valence-electron chi connectivity index (χ0n) is 13.7. The van der Waals surface area contributed by atoms with E-state index in [2.05, 4.69) is 37.4 Å². The Morgan fingerprint density at radius 2 is 2.20 bits per heavy atom. The van der Waals surface area contributed by atoms with Crippen LogP contribution in [0, 0.1) is 18.8 Å². The summed E-state index contributed by atoms with van der Waals surface area (Å²) >= 11 is 0. The summed E-state index contributed by atoms with van der Waals surface area (Å²) < 4.78 is 1.96. The molecule has 1 heterocycles. The van der Waals surface area contributed by atoms with E-state index in [1.54, 1.807) is 0 Å². The molecule has 20 heavy (non-hydrogen) atoms. The van der Waals surface area contributed by atoms with Crippen molar-refractivity contribution in [2.45, 2.75) is 65.3 Å². The van der Waals surface area contributed by atoms with Gasteiger partial charge >= 0.3 is 0 Å². The van der Waals surface area contributed by atoms with Crippen LogP contribution in [-0.2, 0) is 7.05 Å². The van der Waals surface area contributed by atoms with Crippen LogP contribution in [0.4, 0.5) is 0 Å². The number of hydrogen-bond acceptors (Lipinski definition) is 2. The van der Waals surface area contributed by atoms with Crippen LogP contribution in [0.25, 0.3) is 0 Å². The van der Waals surface area contributed by atoms with Crippen molar-refractivity contribution in [3.63, 3.8) is 0 Å². The van der Waals surface area contributed by atoms with Gasteiger partial charge in [-0.1, -0.05) is 33.1 Å². The van der Waals surface area contributed by atoms with E-state index in [1.165, 1.54) is 49.8 Å². The van der Waals surface area contributed by atoms with E-state index in [1.807, 2.05) is 11.7 Å². The maximum atomic E-state index is 4.55. The lowest BCUT2D eigenvalue weighted by molar-refractivity contribution is 0.209. The molecule has 0 saturated heterocycles. The van der Waals surface area contributed by atoms with Gasteiger partial charge in [-0.25, -0.2) is 0 Å². The van der Waals surface area contributed by atoms with E-state index in [-0.39, 0.29) is 0 Å². The van der Waals surface area contributed by atoms with E-state index < -0.39 is 0 Å². The minimum Gasteiger partial charge on any atom is -0.310 e. The molecule has 3 heteroatoms. The minimum atomic E-state index is 0.498. The second kappa shape index (κ2) is 7.26. The highest BCUT2D eigenvalue weighted by atomic mass is 15.3. The van der Waals surface area contributed by atoms with Crippen LogP contribution < -0.4 is 5.32 Å². The Morgan fingerprint density at radius 1 is 1.40 bits per heavy atom. The predicted octanol–water partition coefficient (Wildman–Crippen LogP) is 3.99. The molecule has 1 N–H and O–H groups in total. The fraction of sp³-hybridized carbons (Fsp3) is 0.824. The van der Waals surface area contributed by atoms with Crippen LogP contribution in [0.3, 0.4) is 0 Å². The lowest BCUT2D eigenvalue weighted by Gasteiger charge is -2.35. The molecular formula is C17H31N3. The monoisotopic (exact) mass is 277 g/mol. The zero-order valence-corrected chi connectivity index (χ0v) is 13.7. The average Bonchev–Trinajstić information content (AvgIpc) is 2.78. The first-order chi connectivity index (χ1) is 9.65. The van der Waals surface area contributed by atoms with E-state index in [4.69, 9.17) is 0 Å². The molecule has 1 saturated carbocycles. The zero-order chi connectivity index (χ0) is 14.5. The molecule has 2 rings (SSSR count). The van der Waals surface area contributed by atoms with Crippen molar-refractivity contribution in [3.05, 3.63) is 17.5 Å². The first kappa shape index (κ1) is 15.6. The molecule has 114 valence electrons. The van der Waals surface area contributed by atoms with E-state index in [0.717, 1.165) is 18.4 Å². The summed E-state index contributed by atoms with van der Waals surface area (Å²) in [6.07, 6.45) is 10.3. The van der Waals surface area contributed by atoms with E-state index >= 15 is 0 Å². The second-order valence-corrected chi connectivity index (χ2v) is 6.48. The maximum Gasteiger partial charge on any atom is 0.0641 e. The fourth-order valence-corrected chi connectivity index (χ4v) is 3.76. The van der Waals surface area contributed by atoms with Gasteiger partial charge in [-0.2, -0.15) is 5.10 Å². The predicted molar refractivity (Wildman–Crippen MR) is 84.7 cm³/mol. The number of nitrogens with one attached hydrogen (secondary N) is 1. The summed E-state index contributed by atoms with van der Waals surface area (Å²) in [5.41, 5.74) is 2.61. The largest absolute Gasteiger partial charge is 0.310 e. The third-order valence-corrected chi connectivity index (χ3v) is 4.87. The van der Waals surface area contributed by atoms with Crippen molar-refractivity contribution in [3.8, 4) is 0 Å². The highest BCUT2D eigenvalue weighted by Crippen LogP contribution is 2.39. The molecule has 0 aromatic carbocycles. The SMILES string of the molecule is CCCNC(c1cn(C)nc1C)C1CCCC(CC)C1. The van der Waals surface area contributed by atoms with Crippen molar-refractivity contribution < 1.29 is 0 Å². The van der Waals surface area contributed by atoms with Gasteiger partial charge in [-0.15, -0.1) is 0 Å². The van der Waals surface area contributed by atoms with Gasteiger partial charge in [-0.05, 0) is 44.6 Å². The summed E-state index contributed by atoms with van der Waals surface area (Å²) in [6.45, 7) is 7.84. The lowest BCUT2D eigenvalue weighted by atomic mass is 9.75. The van der Waals surface area contributed by atoms with Crippen molar-refractivity contribution >= 4 is 0 Å². The van der Waals surface area contributed by atoms with Crippen molar-refractivity contribution in [1.29, 1.82) is 0 Å². The molecule has 1 aromatic heterocycles. The number of nitrogens with zero attached hydrogens (tertiary/aromatic N) is 2. The standard InChI is InChI=1S/C17H31N3/c1-5-10-18-17(16-12-20(4)19-13(16)3)15-9-7-8-14(6-2)11-15/h12,14-15,17-18H,5-11H2,1-4H3. The molecule has 0 spiro atoms. The molecular weight excluding hydrogens is 246 g/mol. The Hall–Kier alpha value is -0.830. The Labute approximate surface area is 124 Å². The lowest BCUT2D eigenvalue weighted by Crippen LogP contribution is -2.32. The Bertz CT molecular complexity index is 410. The molecule has 0 bridgehead atoms. The number of aryl methyl sites for hydroxylation is 2. The quantitative estimate of drug-likeness (QED) is 0.852. The molecule has 0 radical (unpaired) electrons. The minimum absolute atomic E-state index is 0.498. The van der Waals surface area contributed by atoms with Crippen LogP contribution in [0.1, 0.15) is 69.7 Å². The summed E-state index contributed by atoms with van der Waals surface area (Å²) in [6, 6.07) is 0.498. The van der Waals surface area contributed by atoms with Crippen LogP contribution in [0.2, 0.25) is 0 Å². The number of hydrogen-bond donors (Lipinski definition) is 1. The van der Waals surface area contributed by atoms with Gasteiger partial charge in [0, 0.05) is 24.8 Å². The third-order valence-electron chi connectivity index (χ3n) is 4.87. The molecule has 1 aromatic rings. The summed E-state index contributed by atoms with van der Waals surface area (Å²) in [7, 11) is 2.03. The molecule has 3 unspecified atom stereocenters. The number of rotatable bonds is 6. The Morgan fingerprint density at radius 3 is 2.80 bits per heavy atom. The first-order valence-corrected chi connectivity index (χ1v) is 8.39. The Balaban J connectivity index is 2.16. The van der Waals surface area contributed by atoms with Gasteiger partial charge in [0.15, 0.2) is 0 Å². The van der Waals surface area contributed by atoms with Gasteiger partial charge in [-0.3, -0.25) is 4.68 Å². The highest BCUT2D eigenvalue weighted by molar-refractivity contribution is 5.21. The van der Waals surface area contributed by atoms with Crippen LogP contribution in [-0.4, -0.2) is 16.3 Å². The second-order valence-electron chi connectivity index (χ2n) is 6.48. The fourth-order valence-electron chi connectivity index (χ4n) is 3.76. The van der Waals surface area contributed by atoms with E-state index in [9.17, 15) is 0 Å². The van der Waals surface area contributed by atoms with Crippen LogP contribution in [0.5, 0.6) is 0 Å². The smallest absolute Gasteiger partial charge is 0.0641 e. The normalized spacial score (nSPS) is 24.8. The molecule has 0 amide bonds. The summed E-state index contributed by atoms with van der Waals surface area (Å²) in [5, 5.41) is 8.35. The van der Waals surface area contributed by atoms with Gasteiger partial charge in [0.1, 0.15) is 0 Å². The molecule has 1 aliphatic rings. The first-order valence-electron chi connectivity index (χ1n) is 8.39. The highest BCUT2D eigenvalue weighted by Gasteiger charge is 2.30. The van der Waals surface area contributed by atoms with Crippen molar-refractivity contribution in [1.82, 2.24) is 15.1 Å². The maximum absolute atomic E-state index is 4.55. The average molecular weight is 277 g/mol. The Kier molecular flexibility index (Phi) is 5.64. The number of aromatic nitrogens is 2. The molecule has 0 aliphatic heterocycles. The topological polar surface area (TPSA) is 29.9 Å². The molecule has 3 atom stereocenters. The van der Waals surface area contributed by atoms with Gasteiger partial charge in [0.05, 0.1) is 5.69 Å². The van der Waals surface area contributed by atoms with Gasteiger partial charge in [0.25, 0.3) is 0 Å². The summed E-state index contributed by atoms with van der Waals surface area (Å²) in [5.74, 6) is 1.71. The molecule has 3 nitrogen and oxygen atoms in total. The van der Waals surface area contributed by atoms with Gasteiger partial charge < -0.3 is 5.32 Å². The van der Waals surface area contributed by atoms with Crippen LogP contribution >= 0.6 is 0 Å². The summed E-state index contributed by atoms with van der Waals surface area (Å²) in [4.78, 5) is 0. The van der Waals surface area contributed by atoms with E-state index in [0.29, 0.717) is 6.04 Å². The molecule has 1 fully saturated rings. The third kappa shape index (κ3) is 3.63. The van der Waals surface area contributed by atoms with Crippen molar-refractivity contribution in [2.75, 3.05) is 6.54 Å². The van der Waals surface area contributed by atoms with Gasteiger partial charge in [0.2, 0.25) is 0 Å². The van der Waals surface area contributed by atoms with Crippen molar-refractivity contribution in [2.24, 2.45) is 18.9 Å². The van der Waals surface area contributed by atoms with Crippen LogP contribution in [0.15, 0.2) is 6.20 Å². The molecule has 1 aliphatic carbocycles.